The molecule has 0 bridgehead atoms. The summed E-state index contributed by atoms with van der Waals surface area (Å²) < 4.78 is 0. The van der Waals surface area contributed by atoms with Crippen molar-refractivity contribution in [2.45, 2.75) is 51.1 Å². The lowest BCUT2D eigenvalue weighted by Gasteiger charge is -2.47. The smallest absolute Gasteiger partial charge is 0.324 e. The molecule has 4 heteroatoms. The van der Waals surface area contributed by atoms with Gasteiger partial charge >= 0.3 is 6.03 Å². The molecular formula is C10H16N2O2. The minimum atomic E-state index is -0.212. The summed E-state index contributed by atoms with van der Waals surface area (Å²) in [6.45, 7) is 3.71. The molecule has 2 aliphatic rings. The van der Waals surface area contributed by atoms with Gasteiger partial charge in [-0.3, -0.25) is 9.69 Å². The first-order valence-electron chi connectivity index (χ1n) is 5.18. The molecular weight excluding hydrogens is 180 g/mol. The number of rotatable bonds is 1. The molecule has 14 heavy (non-hydrogen) atoms. The number of nitrogens with one attached hydrogen (secondary N) is 1. The van der Waals surface area contributed by atoms with Gasteiger partial charge in [-0.1, -0.05) is 0 Å². The van der Waals surface area contributed by atoms with Crippen LogP contribution in [-0.2, 0) is 4.79 Å². The molecule has 1 aliphatic carbocycles. The molecule has 1 N–H and O–H groups in total. The molecule has 78 valence electrons. The maximum atomic E-state index is 11.7. The standard InChI is InChI=1S/C10H16N2O2/c1-7(2)12-8(13)6-10(4-3-5-10)11-9(12)14/h7H,3-6H2,1-2H3,(H,11,14). The van der Waals surface area contributed by atoms with Crippen molar-refractivity contribution in [1.29, 1.82) is 0 Å². The van der Waals surface area contributed by atoms with E-state index in [-0.39, 0.29) is 23.5 Å². The second kappa shape index (κ2) is 2.97. The number of hydrogen-bond donors (Lipinski definition) is 1. The number of urea groups is 1. The van der Waals surface area contributed by atoms with Crippen LogP contribution in [-0.4, -0.2) is 28.4 Å². The third kappa shape index (κ3) is 1.29. The Kier molecular flexibility index (Phi) is 2.01. The lowest BCUT2D eigenvalue weighted by Crippen LogP contribution is -2.65. The van der Waals surface area contributed by atoms with E-state index in [0.717, 1.165) is 19.3 Å². The molecule has 2 fully saturated rings. The Morgan fingerprint density at radius 1 is 1.36 bits per heavy atom. The largest absolute Gasteiger partial charge is 0.332 e. The molecule has 1 heterocycles. The minimum Gasteiger partial charge on any atom is -0.332 e. The Labute approximate surface area is 83.6 Å². The molecule has 1 aliphatic heterocycles. The van der Waals surface area contributed by atoms with Crippen molar-refractivity contribution in [2.75, 3.05) is 0 Å². The predicted octanol–water partition coefficient (Wildman–Crippen LogP) is 1.26. The van der Waals surface area contributed by atoms with Crippen molar-refractivity contribution >= 4 is 11.9 Å². The second-order valence-electron chi connectivity index (χ2n) is 4.60. The van der Waals surface area contributed by atoms with E-state index >= 15 is 0 Å². The van der Waals surface area contributed by atoms with Gasteiger partial charge in [0.25, 0.3) is 0 Å². The van der Waals surface area contributed by atoms with Crippen LogP contribution >= 0.6 is 0 Å². The lowest BCUT2D eigenvalue weighted by atomic mass is 9.73. The van der Waals surface area contributed by atoms with Crippen molar-refractivity contribution in [3.8, 4) is 0 Å². The molecule has 0 radical (unpaired) electrons. The summed E-state index contributed by atoms with van der Waals surface area (Å²) in [6, 6.07) is -0.254. The zero-order valence-electron chi connectivity index (χ0n) is 8.67. The van der Waals surface area contributed by atoms with Gasteiger partial charge in [0.2, 0.25) is 5.91 Å². The summed E-state index contributed by atoms with van der Waals surface area (Å²) in [5.41, 5.74) is -0.181. The normalized spacial score (nSPS) is 25.2. The number of amides is 3. The highest BCUT2D eigenvalue weighted by Crippen LogP contribution is 2.37. The van der Waals surface area contributed by atoms with Gasteiger partial charge in [-0.15, -0.1) is 0 Å². The van der Waals surface area contributed by atoms with E-state index in [0.29, 0.717) is 6.42 Å². The minimum absolute atomic E-state index is 0.0246. The highest BCUT2D eigenvalue weighted by atomic mass is 16.2. The summed E-state index contributed by atoms with van der Waals surface area (Å²) in [5.74, 6) is -0.0246. The van der Waals surface area contributed by atoms with Crippen molar-refractivity contribution in [1.82, 2.24) is 10.2 Å². The Balaban J connectivity index is 2.14. The summed E-state index contributed by atoms with van der Waals surface area (Å²) in [4.78, 5) is 24.7. The molecule has 1 spiro atoms. The highest BCUT2D eigenvalue weighted by molar-refractivity contribution is 5.98. The molecule has 1 saturated heterocycles. The molecule has 0 aromatic carbocycles. The predicted molar refractivity (Wildman–Crippen MR) is 51.7 cm³/mol. The first-order chi connectivity index (χ1) is 6.54. The van der Waals surface area contributed by atoms with Crippen molar-refractivity contribution in [2.24, 2.45) is 0 Å². The van der Waals surface area contributed by atoms with Gasteiger partial charge in [-0.25, -0.2) is 4.79 Å². The average Bonchev–Trinajstić information content (AvgIpc) is 1.99. The topological polar surface area (TPSA) is 49.4 Å². The number of imide groups is 1. The third-order valence-corrected chi connectivity index (χ3v) is 3.18. The van der Waals surface area contributed by atoms with Gasteiger partial charge < -0.3 is 5.32 Å². The second-order valence-corrected chi connectivity index (χ2v) is 4.60. The number of carbonyl (C=O) groups excluding carboxylic acids is 2. The Morgan fingerprint density at radius 3 is 2.36 bits per heavy atom. The summed E-state index contributed by atoms with van der Waals surface area (Å²) >= 11 is 0. The van der Waals surface area contributed by atoms with Gasteiger partial charge in [-0.2, -0.15) is 0 Å². The van der Waals surface area contributed by atoms with Crippen LogP contribution in [0.2, 0.25) is 0 Å². The highest BCUT2D eigenvalue weighted by Gasteiger charge is 2.47. The van der Waals surface area contributed by atoms with Crippen LogP contribution < -0.4 is 5.32 Å². The van der Waals surface area contributed by atoms with Gasteiger partial charge in [-0.05, 0) is 33.1 Å². The molecule has 1 saturated carbocycles. The lowest BCUT2D eigenvalue weighted by molar-refractivity contribution is -0.134. The first kappa shape index (κ1) is 9.49. The van der Waals surface area contributed by atoms with Crippen LogP contribution in [0.4, 0.5) is 4.79 Å². The van der Waals surface area contributed by atoms with Crippen LogP contribution in [0.25, 0.3) is 0 Å². The van der Waals surface area contributed by atoms with E-state index in [4.69, 9.17) is 0 Å². The summed E-state index contributed by atoms with van der Waals surface area (Å²) in [7, 11) is 0. The molecule has 2 rings (SSSR count). The quantitative estimate of drug-likeness (QED) is 0.686. The van der Waals surface area contributed by atoms with Crippen molar-refractivity contribution in [3.05, 3.63) is 0 Å². The van der Waals surface area contributed by atoms with E-state index in [1.54, 1.807) is 0 Å². The molecule has 0 aromatic heterocycles. The number of hydrogen-bond acceptors (Lipinski definition) is 2. The van der Waals surface area contributed by atoms with E-state index in [1.165, 1.54) is 4.90 Å². The third-order valence-electron chi connectivity index (χ3n) is 3.18. The summed E-state index contributed by atoms with van der Waals surface area (Å²) in [6.07, 6.45) is 3.51. The van der Waals surface area contributed by atoms with Crippen LogP contribution in [0.15, 0.2) is 0 Å². The van der Waals surface area contributed by atoms with E-state index in [9.17, 15) is 9.59 Å². The number of nitrogens with zero attached hydrogens (tertiary/aromatic N) is 1. The van der Waals surface area contributed by atoms with Gasteiger partial charge in [0.05, 0.1) is 12.0 Å². The molecule has 4 nitrogen and oxygen atoms in total. The first-order valence-corrected chi connectivity index (χ1v) is 5.18. The Hall–Kier alpha value is -1.06. The zero-order chi connectivity index (χ0) is 10.3. The molecule has 3 amide bonds. The van der Waals surface area contributed by atoms with E-state index in [2.05, 4.69) is 5.32 Å². The maximum Gasteiger partial charge on any atom is 0.324 e. The van der Waals surface area contributed by atoms with E-state index in [1.807, 2.05) is 13.8 Å². The zero-order valence-corrected chi connectivity index (χ0v) is 8.67. The van der Waals surface area contributed by atoms with Crippen molar-refractivity contribution < 1.29 is 9.59 Å². The van der Waals surface area contributed by atoms with Gasteiger partial charge in [0.1, 0.15) is 0 Å². The van der Waals surface area contributed by atoms with E-state index < -0.39 is 0 Å². The van der Waals surface area contributed by atoms with Gasteiger partial charge in [0, 0.05) is 6.04 Å². The number of carbonyl (C=O) groups is 2. The fourth-order valence-electron chi connectivity index (χ4n) is 2.25. The molecule has 0 unspecified atom stereocenters. The van der Waals surface area contributed by atoms with Crippen molar-refractivity contribution in [3.63, 3.8) is 0 Å². The van der Waals surface area contributed by atoms with Crippen LogP contribution in [0, 0.1) is 0 Å². The monoisotopic (exact) mass is 196 g/mol. The van der Waals surface area contributed by atoms with Crippen LogP contribution in [0.5, 0.6) is 0 Å². The van der Waals surface area contributed by atoms with Crippen LogP contribution in [0.3, 0.4) is 0 Å². The van der Waals surface area contributed by atoms with Crippen LogP contribution in [0.1, 0.15) is 39.5 Å². The summed E-state index contributed by atoms with van der Waals surface area (Å²) in [5, 5.41) is 2.96. The Bertz CT molecular complexity index is 262. The fraction of sp³-hybridized carbons (Fsp3) is 0.800. The fourth-order valence-corrected chi connectivity index (χ4v) is 2.25. The van der Waals surface area contributed by atoms with Gasteiger partial charge in [0.15, 0.2) is 0 Å². The molecule has 0 aromatic rings. The SMILES string of the molecule is CC(C)N1C(=O)CC2(CCC2)NC1=O. The maximum absolute atomic E-state index is 11.7. The molecule has 0 atom stereocenters. The Morgan fingerprint density at radius 2 is 2.00 bits per heavy atom. The average molecular weight is 196 g/mol.